The highest BCUT2D eigenvalue weighted by molar-refractivity contribution is 5.30. The second-order valence-electron chi connectivity index (χ2n) is 4.36. The average molecular weight is 195 g/mol. The number of aromatic nitrogens is 2. The van der Waals surface area contributed by atoms with Crippen molar-refractivity contribution in [2.45, 2.75) is 46.0 Å². The van der Waals surface area contributed by atoms with Crippen LogP contribution in [-0.2, 0) is 0 Å². The summed E-state index contributed by atoms with van der Waals surface area (Å²) in [4.78, 5) is 0. The maximum atomic E-state index is 5.60. The normalized spacial score (nSPS) is 13.4. The van der Waals surface area contributed by atoms with E-state index in [2.05, 4.69) is 31.0 Å². The van der Waals surface area contributed by atoms with Gasteiger partial charge in [-0.15, -0.1) is 0 Å². The molecule has 0 radical (unpaired) electrons. The van der Waals surface area contributed by atoms with E-state index in [1.165, 1.54) is 25.0 Å². The zero-order valence-electron chi connectivity index (χ0n) is 9.38. The Balaban J connectivity index is 2.66. The molecule has 0 spiro atoms. The van der Waals surface area contributed by atoms with Gasteiger partial charge in [0.1, 0.15) is 5.82 Å². The number of anilines is 1. The quantitative estimate of drug-likeness (QED) is 0.759. The zero-order chi connectivity index (χ0) is 10.6. The first kappa shape index (κ1) is 11.1. The Bertz CT molecular complexity index is 265. The summed E-state index contributed by atoms with van der Waals surface area (Å²) in [6.07, 6.45) is 3.62. The number of aromatic amines is 1. The Labute approximate surface area is 86.1 Å². The molecule has 0 saturated heterocycles. The summed E-state index contributed by atoms with van der Waals surface area (Å²) in [5.74, 6) is 1.91. The molecular weight excluding hydrogens is 174 g/mol. The van der Waals surface area contributed by atoms with Gasteiger partial charge >= 0.3 is 0 Å². The SMILES string of the molecule is CCCC(CC(C)C)c1cc(N)n[nH]1. The Morgan fingerprint density at radius 1 is 1.50 bits per heavy atom. The molecule has 0 fully saturated rings. The number of rotatable bonds is 5. The van der Waals surface area contributed by atoms with Crippen molar-refractivity contribution in [2.75, 3.05) is 5.73 Å². The maximum absolute atomic E-state index is 5.60. The molecule has 0 amide bonds. The lowest BCUT2D eigenvalue weighted by atomic mass is 9.90. The lowest BCUT2D eigenvalue weighted by molar-refractivity contribution is 0.464. The van der Waals surface area contributed by atoms with Gasteiger partial charge in [0.25, 0.3) is 0 Å². The fourth-order valence-corrected chi connectivity index (χ4v) is 1.88. The lowest BCUT2D eigenvalue weighted by Crippen LogP contribution is -2.03. The van der Waals surface area contributed by atoms with Crippen LogP contribution in [0, 0.1) is 5.92 Å². The van der Waals surface area contributed by atoms with Gasteiger partial charge < -0.3 is 5.73 Å². The molecule has 0 aliphatic heterocycles. The first-order valence-corrected chi connectivity index (χ1v) is 5.44. The maximum Gasteiger partial charge on any atom is 0.145 e. The van der Waals surface area contributed by atoms with E-state index in [1.54, 1.807) is 0 Å². The number of hydrogen-bond donors (Lipinski definition) is 2. The van der Waals surface area contributed by atoms with Gasteiger partial charge in [-0.05, 0) is 18.8 Å². The Morgan fingerprint density at radius 2 is 2.21 bits per heavy atom. The molecule has 1 aromatic rings. The fourth-order valence-electron chi connectivity index (χ4n) is 1.88. The van der Waals surface area contributed by atoms with Crippen molar-refractivity contribution in [1.29, 1.82) is 0 Å². The van der Waals surface area contributed by atoms with Crippen LogP contribution in [0.3, 0.4) is 0 Å². The molecule has 0 bridgehead atoms. The summed E-state index contributed by atoms with van der Waals surface area (Å²) < 4.78 is 0. The minimum absolute atomic E-state index is 0.588. The van der Waals surface area contributed by atoms with E-state index in [0.717, 1.165) is 5.92 Å². The summed E-state index contributed by atoms with van der Waals surface area (Å²) in [5.41, 5.74) is 6.79. The van der Waals surface area contributed by atoms with Crippen molar-refractivity contribution in [3.8, 4) is 0 Å². The summed E-state index contributed by atoms with van der Waals surface area (Å²) >= 11 is 0. The minimum atomic E-state index is 0.588. The summed E-state index contributed by atoms with van der Waals surface area (Å²) in [6, 6.07) is 1.96. The Morgan fingerprint density at radius 3 is 2.64 bits per heavy atom. The molecule has 1 aromatic heterocycles. The Kier molecular flexibility index (Phi) is 3.98. The second-order valence-corrected chi connectivity index (χ2v) is 4.36. The van der Waals surface area contributed by atoms with Crippen LogP contribution in [0.2, 0.25) is 0 Å². The van der Waals surface area contributed by atoms with Gasteiger partial charge in [0.15, 0.2) is 0 Å². The van der Waals surface area contributed by atoms with E-state index in [9.17, 15) is 0 Å². The number of hydrogen-bond acceptors (Lipinski definition) is 2. The molecule has 0 saturated carbocycles. The molecular formula is C11H21N3. The van der Waals surface area contributed by atoms with Crippen LogP contribution in [0.25, 0.3) is 0 Å². The minimum Gasteiger partial charge on any atom is -0.382 e. The topological polar surface area (TPSA) is 54.7 Å². The zero-order valence-corrected chi connectivity index (χ0v) is 9.38. The highest BCUT2D eigenvalue weighted by Crippen LogP contribution is 2.27. The highest BCUT2D eigenvalue weighted by atomic mass is 15.2. The smallest absolute Gasteiger partial charge is 0.145 e. The van der Waals surface area contributed by atoms with E-state index in [-0.39, 0.29) is 0 Å². The summed E-state index contributed by atoms with van der Waals surface area (Å²) in [7, 11) is 0. The van der Waals surface area contributed by atoms with Crippen LogP contribution in [0.15, 0.2) is 6.07 Å². The van der Waals surface area contributed by atoms with Crippen LogP contribution in [-0.4, -0.2) is 10.2 Å². The van der Waals surface area contributed by atoms with E-state index in [0.29, 0.717) is 11.7 Å². The van der Waals surface area contributed by atoms with Crippen molar-refractivity contribution in [3.63, 3.8) is 0 Å². The number of nitrogen functional groups attached to an aromatic ring is 1. The van der Waals surface area contributed by atoms with E-state index < -0.39 is 0 Å². The van der Waals surface area contributed by atoms with Gasteiger partial charge in [-0.3, -0.25) is 5.10 Å². The predicted octanol–water partition coefficient (Wildman–Crippen LogP) is 2.92. The number of nitrogens with zero attached hydrogens (tertiary/aromatic N) is 1. The third kappa shape index (κ3) is 3.05. The third-order valence-electron chi connectivity index (χ3n) is 2.45. The largest absolute Gasteiger partial charge is 0.382 e. The van der Waals surface area contributed by atoms with Crippen molar-refractivity contribution in [2.24, 2.45) is 5.92 Å². The molecule has 14 heavy (non-hydrogen) atoms. The monoisotopic (exact) mass is 195 g/mol. The van der Waals surface area contributed by atoms with Gasteiger partial charge in [0.05, 0.1) is 0 Å². The van der Waals surface area contributed by atoms with Crippen molar-refractivity contribution in [3.05, 3.63) is 11.8 Å². The molecule has 0 aliphatic rings. The molecule has 1 heterocycles. The Hall–Kier alpha value is -0.990. The van der Waals surface area contributed by atoms with Gasteiger partial charge in [-0.2, -0.15) is 5.10 Å². The van der Waals surface area contributed by atoms with Crippen LogP contribution in [0.5, 0.6) is 0 Å². The van der Waals surface area contributed by atoms with E-state index >= 15 is 0 Å². The molecule has 1 atom stereocenters. The molecule has 1 unspecified atom stereocenters. The van der Waals surface area contributed by atoms with Crippen LogP contribution in [0.4, 0.5) is 5.82 Å². The number of nitrogens with one attached hydrogen (secondary N) is 1. The molecule has 0 aromatic carbocycles. The van der Waals surface area contributed by atoms with E-state index in [4.69, 9.17) is 5.73 Å². The lowest BCUT2D eigenvalue weighted by Gasteiger charge is -2.16. The average Bonchev–Trinajstić information content (AvgIpc) is 2.50. The van der Waals surface area contributed by atoms with Gasteiger partial charge in [0.2, 0.25) is 0 Å². The molecule has 3 N–H and O–H groups in total. The molecule has 3 heteroatoms. The number of H-pyrrole nitrogens is 1. The van der Waals surface area contributed by atoms with Crippen LogP contribution >= 0.6 is 0 Å². The first-order chi connectivity index (χ1) is 6.63. The van der Waals surface area contributed by atoms with Gasteiger partial charge in [-0.25, -0.2) is 0 Å². The first-order valence-electron chi connectivity index (χ1n) is 5.44. The van der Waals surface area contributed by atoms with Crippen LogP contribution in [0.1, 0.15) is 51.6 Å². The van der Waals surface area contributed by atoms with Crippen LogP contribution < -0.4 is 5.73 Å². The van der Waals surface area contributed by atoms with Crippen molar-refractivity contribution in [1.82, 2.24) is 10.2 Å². The summed E-state index contributed by atoms with van der Waals surface area (Å²) in [6.45, 7) is 6.72. The second kappa shape index (κ2) is 5.03. The standard InChI is InChI=1S/C11H21N3/c1-4-5-9(6-8(2)3)10-7-11(12)14-13-10/h7-9H,4-6H2,1-3H3,(H3,12,13,14). The highest BCUT2D eigenvalue weighted by Gasteiger charge is 2.14. The molecule has 1 rings (SSSR count). The van der Waals surface area contributed by atoms with E-state index in [1.807, 2.05) is 6.07 Å². The van der Waals surface area contributed by atoms with Gasteiger partial charge in [-0.1, -0.05) is 27.2 Å². The van der Waals surface area contributed by atoms with Gasteiger partial charge in [0, 0.05) is 17.7 Å². The summed E-state index contributed by atoms with van der Waals surface area (Å²) in [5, 5.41) is 7.00. The molecule has 0 aliphatic carbocycles. The van der Waals surface area contributed by atoms with Crippen molar-refractivity contribution < 1.29 is 0 Å². The fraction of sp³-hybridized carbons (Fsp3) is 0.727. The molecule has 80 valence electrons. The number of nitrogens with two attached hydrogens (primary N) is 1. The molecule has 3 nitrogen and oxygen atoms in total. The van der Waals surface area contributed by atoms with Crippen molar-refractivity contribution >= 4 is 5.82 Å². The predicted molar refractivity (Wildman–Crippen MR) is 60.1 cm³/mol. The third-order valence-corrected chi connectivity index (χ3v) is 2.45.